The number of nitrogens with zero attached hydrogens (tertiary/aromatic N) is 2. The summed E-state index contributed by atoms with van der Waals surface area (Å²) in [5.41, 5.74) is -0.539. The normalized spacial score (nSPS) is 18.9. The maximum absolute atomic E-state index is 12.9. The van der Waals surface area contributed by atoms with Crippen LogP contribution in [0.25, 0.3) is 0 Å². The van der Waals surface area contributed by atoms with Crippen molar-refractivity contribution in [3.8, 4) is 5.75 Å². The third kappa shape index (κ3) is 7.88. The van der Waals surface area contributed by atoms with Crippen LogP contribution in [0.3, 0.4) is 0 Å². The molecular weight excluding hydrogens is 495 g/mol. The number of hydrogen-bond acceptors (Lipinski definition) is 7. The van der Waals surface area contributed by atoms with Crippen LogP contribution in [0.4, 0.5) is 23.7 Å². The number of halogens is 3. The first-order valence-electron chi connectivity index (χ1n) is 11.2. The summed E-state index contributed by atoms with van der Waals surface area (Å²) in [6.45, 7) is 3.09. The fraction of sp³-hybridized carbons (Fsp3) is 0.619. The number of carbonyl (C=O) groups excluding carboxylic acids is 2. The summed E-state index contributed by atoms with van der Waals surface area (Å²) in [4.78, 5) is 28.0. The number of rotatable bonds is 8. The predicted molar refractivity (Wildman–Crippen MR) is 119 cm³/mol. The van der Waals surface area contributed by atoms with Gasteiger partial charge in [-0.05, 0) is 37.5 Å². The van der Waals surface area contributed by atoms with Crippen molar-refractivity contribution in [2.45, 2.75) is 38.7 Å². The zero-order valence-corrected chi connectivity index (χ0v) is 20.0. The Balaban J connectivity index is 1.64. The highest BCUT2D eigenvalue weighted by atomic mass is 32.2. The first kappa shape index (κ1) is 26.9. The third-order valence-corrected chi connectivity index (χ3v) is 6.91. The molecule has 2 heterocycles. The minimum absolute atomic E-state index is 0.107. The van der Waals surface area contributed by atoms with E-state index in [2.05, 4.69) is 9.46 Å². The van der Waals surface area contributed by atoms with Crippen molar-refractivity contribution in [3.63, 3.8) is 0 Å². The molecule has 0 saturated carbocycles. The Morgan fingerprint density at radius 1 is 1.17 bits per heavy atom. The predicted octanol–water partition coefficient (Wildman–Crippen LogP) is 2.81. The van der Waals surface area contributed by atoms with E-state index in [4.69, 9.17) is 9.47 Å². The quantitative estimate of drug-likeness (QED) is 0.557. The van der Waals surface area contributed by atoms with Crippen LogP contribution < -0.4 is 9.46 Å². The lowest BCUT2D eigenvalue weighted by atomic mass is 10.1. The molecule has 2 saturated heterocycles. The molecule has 0 radical (unpaired) electrons. The Morgan fingerprint density at radius 2 is 1.86 bits per heavy atom. The molecule has 0 bridgehead atoms. The number of ether oxygens (including phenoxy) is 3. The minimum atomic E-state index is -5.10. The van der Waals surface area contributed by atoms with E-state index in [1.165, 1.54) is 15.9 Å². The van der Waals surface area contributed by atoms with Crippen LogP contribution in [0.15, 0.2) is 18.2 Å². The van der Waals surface area contributed by atoms with Gasteiger partial charge in [-0.25, -0.2) is 13.2 Å². The number of sulfonamides is 1. The molecule has 1 unspecified atom stereocenters. The molecule has 1 aromatic rings. The zero-order chi connectivity index (χ0) is 25.6. The molecule has 0 spiro atoms. The molecule has 0 aromatic heterocycles. The van der Waals surface area contributed by atoms with E-state index < -0.39 is 39.8 Å². The molecule has 10 nitrogen and oxygen atoms in total. The van der Waals surface area contributed by atoms with Gasteiger partial charge in [-0.1, -0.05) is 6.92 Å². The highest BCUT2D eigenvalue weighted by Crippen LogP contribution is 2.32. The van der Waals surface area contributed by atoms with Crippen LogP contribution in [-0.4, -0.2) is 87.8 Å². The van der Waals surface area contributed by atoms with E-state index in [-0.39, 0.29) is 56.6 Å². The Labute approximate surface area is 201 Å². The smallest absolute Gasteiger partial charge is 0.447 e. The molecule has 1 atom stereocenters. The highest BCUT2D eigenvalue weighted by Gasteiger charge is 2.34. The second-order valence-corrected chi connectivity index (χ2v) is 10.0. The SMILES string of the molecule is CCCS(=O)(=O)Nc1ccc(C(=O)N2CCN(C(=O)OCC3CCCO3)CC2)cc1OC(F)(F)F. The molecule has 0 aliphatic carbocycles. The Morgan fingerprint density at radius 3 is 2.46 bits per heavy atom. The largest absolute Gasteiger partial charge is 0.573 e. The number of piperazine rings is 1. The molecule has 2 aliphatic heterocycles. The number of alkyl halides is 3. The van der Waals surface area contributed by atoms with E-state index in [1.807, 2.05) is 0 Å². The van der Waals surface area contributed by atoms with E-state index in [1.54, 1.807) is 6.92 Å². The summed E-state index contributed by atoms with van der Waals surface area (Å²) in [6.07, 6.45) is -3.71. The maximum Gasteiger partial charge on any atom is 0.573 e. The van der Waals surface area contributed by atoms with E-state index in [0.717, 1.165) is 25.0 Å². The van der Waals surface area contributed by atoms with Gasteiger partial charge in [-0.2, -0.15) is 0 Å². The molecule has 2 fully saturated rings. The summed E-state index contributed by atoms with van der Waals surface area (Å²) in [7, 11) is -3.89. The van der Waals surface area contributed by atoms with Gasteiger partial charge in [-0.3, -0.25) is 9.52 Å². The molecule has 1 N–H and O–H groups in total. The van der Waals surface area contributed by atoms with Crippen molar-refractivity contribution in [1.82, 2.24) is 9.80 Å². The molecular formula is C21H28F3N3O7S. The van der Waals surface area contributed by atoms with Crippen LogP contribution in [0.1, 0.15) is 36.5 Å². The van der Waals surface area contributed by atoms with E-state index in [9.17, 15) is 31.2 Å². The van der Waals surface area contributed by atoms with Gasteiger partial charge in [0.2, 0.25) is 10.0 Å². The summed E-state index contributed by atoms with van der Waals surface area (Å²) >= 11 is 0. The average Bonchev–Trinajstić information content (AvgIpc) is 3.31. The molecule has 3 rings (SSSR count). The molecule has 196 valence electrons. The monoisotopic (exact) mass is 523 g/mol. The second-order valence-electron chi connectivity index (χ2n) is 8.17. The third-order valence-electron chi connectivity index (χ3n) is 5.43. The fourth-order valence-electron chi connectivity index (χ4n) is 3.74. The lowest BCUT2D eigenvalue weighted by molar-refractivity contribution is -0.274. The first-order chi connectivity index (χ1) is 16.5. The van der Waals surface area contributed by atoms with Gasteiger partial charge in [0.25, 0.3) is 5.91 Å². The van der Waals surface area contributed by atoms with Crippen molar-refractivity contribution in [2.24, 2.45) is 0 Å². The van der Waals surface area contributed by atoms with Crippen LogP contribution >= 0.6 is 0 Å². The van der Waals surface area contributed by atoms with Crippen molar-refractivity contribution < 1.29 is 45.4 Å². The van der Waals surface area contributed by atoms with E-state index in [0.29, 0.717) is 6.61 Å². The maximum atomic E-state index is 12.9. The Hall–Kier alpha value is -2.74. The summed E-state index contributed by atoms with van der Waals surface area (Å²) < 4.78 is 79.5. The molecule has 35 heavy (non-hydrogen) atoms. The first-order valence-corrected chi connectivity index (χ1v) is 12.9. The summed E-state index contributed by atoms with van der Waals surface area (Å²) in [5, 5.41) is 0. The minimum Gasteiger partial charge on any atom is -0.447 e. The van der Waals surface area contributed by atoms with E-state index >= 15 is 0 Å². The van der Waals surface area contributed by atoms with Crippen molar-refractivity contribution in [3.05, 3.63) is 23.8 Å². The van der Waals surface area contributed by atoms with Gasteiger partial charge in [-0.15, -0.1) is 13.2 Å². The number of nitrogens with one attached hydrogen (secondary N) is 1. The Bertz CT molecular complexity index is 1010. The topological polar surface area (TPSA) is 114 Å². The van der Waals surface area contributed by atoms with Crippen molar-refractivity contribution in [1.29, 1.82) is 0 Å². The van der Waals surface area contributed by atoms with Crippen LogP contribution in [0.2, 0.25) is 0 Å². The van der Waals surface area contributed by atoms with Gasteiger partial charge in [0, 0.05) is 38.3 Å². The molecule has 1 aromatic carbocycles. The zero-order valence-electron chi connectivity index (χ0n) is 19.2. The van der Waals surface area contributed by atoms with Gasteiger partial charge in [0.05, 0.1) is 17.5 Å². The highest BCUT2D eigenvalue weighted by molar-refractivity contribution is 7.92. The second kappa shape index (κ2) is 11.3. The Kier molecular flexibility index (Phi) is 8.70. The molecule has 14 heteroatoms. The fourth-order valence-corrected chi connectivity index (χ4v) is 4.89. The lowest BCUT2D eigenvalue weighted by Crippen LogP contribution is -2.51. The van der Waals surface area contributed by atoms with Crippen molar-refractivity contribution >= 4 is 27.7 Å². The molecule has 2 aliphatic rings. The molecule has 2 amide bonds. The van der Waals surface area contributed by atoms with Gasteiger partial charge in [0.15, 0.2) is 5.75 Å². The van der Waals surface area contributed by atoms with Crippen molar-refractivity contribution in [2.75, 3.05) is 49.9 Å². The number of anilines is 1. The average molecular weight is 524 g/mol. The van der Waals surface area contributed by atoms with Gasteiger partial charge < -0.3 is 24.0 Å². The number of carbonyl (C=O) groups is 2. The standard InChI is InChI=1S/C21H28F3N3O7S/c1-2-12-35(30,31)25-17-6-5-15(13-18(17)34-21(22,23)24)19(28)26-7-9-27(10-8-26)20(29)33-14-16-4-3-11-32-16/h5-6,13,16,25H,2-4,7-12,14H2,1H3. The summed E-state index contributed by atoms with van der Waals surface area (Å²) in [5.74, 6) is -1.70. The number of hydrogen-bond donors (Lipinski definition) is 1. The van der Waals surface area contributed by atoms with Gasteiger partial charge in [0.1, 0.15) is 6.61 Å². The van der Waals surface area contributed by atoms with Gasteiger partial charge >= 0.3 is 12.5 Å². The van der Waals surface area contributed by atoms with Crippen LogP contribution in [0, 0.1) is 0 Å². The van der Waals surface area contributed by atoms with Crippen LogP contribution in [-0.2, 0) is 19.5 Å². The number of benzene rings is 1. The lowest BCUT2D eigenvalue weighted by Gasteiger charge is -2.34. The summed E-state index contributed by atoms with van der Waals surface area (Å²) in [6, 6.07) is 3.12. The number of amides is 2. The van der Waals surface area contributed by atoms with Crippen LogP contribution in [0.5, 0.6) is 5.75 Å².